The lowest BCUT2D eigenvalue weighted by atomic mass is 10.1. The van der Waals surface area contributed by atoms with Crippen molar-refractivity contribution in [2.24, 2.45) is 0 Å². The molecule has 0 spiro atoms. The molecule has 0 bridgehead atoms. The van der Waals surface area contributed by atoms with Crippen molar-refractivity contribution in [1.29, 1.82) is 0 Å². The van der Waals surface area contributed by atoms with Crippen molar-refractivity contribution < 1.29 is 22.4 Å². The first-order valence-corrected chi connectivity index (χ1v) is 7.82. The van der Waals surface area contributed by atoms with Crippen LogP contribution >= 0.6 is 0 Å². The van der Waals surface area contributed by atoms with Crippen molar-refractivity contribution in [1.82, 2.24) is 4.90 Å². The van der Waals surface area contributed by atoms with E-state index in [0.717, 1.165) is 12.1 Å². The molecule has 1 fully saturated rings. The van der Waals surface area contributed by atoms with Gasteiger partial charge < -0.3 is 4.90 Å². The molecule has 1 amide bonds. The van der Waals surface area contributed by atoms with Gasteiger partial charge in [0.1, 0.15) is 22.2 Å². The zero-order chi connectivity index (χ0) is 14.8. The zero-order valence-corrected chi connectivity index (χ0v) is 11.5. The maximum Gasteiger partial charge on any atom is 0.238 e. The number of nitrogens with zero attached hydrogens (tertiary/aromatic N) is 1. The fourth-order valence-corrected chi connectivity index (χ4v) is 3.35. The molecule has 0 aromatic heterocycles. The summed E-state index contributed by atoms with van der Waals surface area (Å²) in [5.41, 5.74) is 0. The fraction of sp³-hybridized carbons (Fsp3) is 0.385. The maximum atomic E-state index is 13.5. The molecule has 0 aliphatic carbocycles. The van der Waals surface area contributed by atoms with Gasteiger partial charge in [-0.3, -0.25) is 9.59 Å². The largest absolute Gasteiger partial charge is 0.341 e. The first-order valence-electron chi connectivity index (χ1n) is 6.17. The van der Waals surface area contributed by atoms with Gasteiger partial charge in [-0.05, 0) is 12.1 Å². The number of benzene rings is 1. The average Bonchev–Trinajstić information content (AvgIpc) is 2.39. The Morgan fingerprint density at radius 3 is 2.40 bits per heavy atom. The van der Waals surface area contributed by atoms with Gasteiger partial charge in [0.2, 0.25) is 5.91 Å². The molecule has 0 saturated carbocycles. The molecule has 1 aliphatic rings. The normalized spacial score (nSPS) is 16.2. The van der Waals surface area contributed by atoms with Gasteiger partial charge in [0.15, 0.2) is 9.84 Å². The molecule has 20 heavy (non-hydrogen) atoms. The number of ketones is 1. The first-order chi connectivity index (χ1) is 9.40. The molecule has 108 valence electrons. The lowest BCUT2D eigenvalue weighted by Crippen LogP contribution is -2.41. The van der Waals surface area contributed by atoms with Gasteiger partial charge >= 0.3 is 0 Å². The Bertz CT molecular complexity index is 632. The van der Waals surface area contributed by atoms with Crippen LogP contribution in [0.4, 0.5) is 4.39 Å². The third-order valence-corrected chi connectivity index (χ3v) is 4.79. The number of hydrogen-bond acceptors (Lipinski definition) is 4. The molecule has 5 nitrogen and oxygen atoms in total. The quantitative estimate of drug-likeness (QED) is 0.827. The molecule has 1 aromatic rings. The molecule has 0 radical (unpaired) electrons. The smallest absolute Gasteiger partial charge is 0.238 e. The molecule has 7 heteroatoms. The molecule has 1 heterocycles. The van der Waals surface area contributed by atoms with Gasteiger partial charge in [0.05, 0.1) is 0 Å². The van der Waals surface area contributed by atoms with E-state index in [4.69, 9.17) is 0 Å². The van der Waals surface area contributed by atoms with Crippen LogP contribution in [0.1, 0.15) is 12.8 Å². The Hall–Kier alpha value is -1.76. The molecule has 0 unspecified atom stereocenters. The van der Waals surface area contributed by atoms with Crippen LogP contribution in [0.2, 0.25) is 0 Å². The topological polar surface area (TPSA) is 71.5 Å². The minimum Gasteiger partial charge on any atom is -0.341 e. The number of amides is 1. The summed E-state index contributed by atoms with van der Waals surface area (Å²) in [6, 6.07) is 4.96. The number of halogens is 1. The molecule has 0 N–H and O–H groups in total. The highest BCUT2D eigenvalue weighted by Gasteiger charge is 2.27. The zero-order valence-electron chi connectivity index (χ0n) is 10.7. The molecular formula is C13H14FNO4S. The van der Waals surface area contributed by atoms with Crippen LogP contribution in [0.15, 0.2) is 29.2 Å². The third-order valence-electron chi connectivity index (χ3n) is 3.16. The summed E-state index contributed by atoms with van der Waals surface area (Å²) in [5, 5.41) is 0. The molecule has 0 atom stereocenters. The Labute approximate surface area is 116 Å². The van der Waals surface area contributed by atoms with Gasteiger partial charge in [-0.15, -0.1) is 0 Å². The van der Waals surface area contributed by atoms with Crippen molar-refractivity contribution >= 4 is 21.5 Å². The minimum absolute atomic E-state index is 0.0611. The molecule has 2 rings (SSSR count). The number of carbonyl (C=O) groups excluding carboxylic acids is 2. The standard InChI is InChI=1S/C13H14FNO4S/c14-11-3-1-2-4-12(11)20(18,19)9-13(17)15-7-5-10(16)6-8-15/h1-4H,5-9H2. The van der Waals surface area contributed by atoms with Crippen molar-refractivity contribution in [3.63, 3.8) is 0 Å². The number of rotatable bonds is 3. The summed E-state index contributed by atoms with van der Waals surface area (Å²) in [6.45, 7) is 0.453. The predicted octanol–water partition coefficient (Wildman–Crippen LogP) is 0.791. The van der Waals surface area contributed by atoms with Gasteiger partial charge in [-0.25, -0.2) is 12.8 Å². The van der Waals surface area contributed by atoms with Crippen LogP contribution < -0.4 is 0 Å². The number of hydrogen-bond donors (Lipinski definition) is 0. The highest BCUT2D eigenvalue weighted by molar-refractivity contribution is 7.92. The molecule has 1 aliphatic heterocycles. The Morgan fingerprint density at radius 2 is 1.80 bits per heavy atom. The second kappa shape index (κ2) is 5.70. The van der Waals surface area contributed by atoms with Crippen LogP contribution in [-0.2, 0) is 19.4 Å². The Balaban J connectivity index is 2.11. The number of likely N-dealkylation sites (tertiary alicyclic amines) is 1. The van der Waals surface area contributed by atoms with E-state index in [1.807, 2.05) is 0 Å². The van der Waals surface area contributed by atoms with Gasteiger partial charge in [0, 0.05) is 25.9 Å². The molecular weight excluding hydrogens is 285 g/mol. The van der Waals surface area contributed by atoms with E-state index >= 15 is 0 Å². The second-order valence-corrected chi connectivity index (χ2v) is 6.57. The summed E-state index contributed by atoms with van der Waals surface area (Å²) in [4.78, 5) is 23.9. The van der Waals surface area contributed by atoms with Crippen molar-refractivity contribution in [3.8, 4) is 0 Å². The van der Waals surface area contributed by atoms with Gasteiger partial charge in [-0.2, -0.15) is 0 Å². The van der Waals surface area contributed by atoms with E-state index in [1.165, 1.54) is 17.0 Å². The van der Waals surface area contributed by atoms with Gasteiger partial charge in [-0.1, -0.05) is 12.1 Å². The SMILES string of the molecule is O=C1CCN(C(=O)CS(=O)(=O)c2ccccc2F)CC1. The van der Waals surface area contributed by atoms with Gasteiger partial charge in [0.25, 0.3) is 0 Å². The lowest BCUT2D eigenvalue weighted by Gasteiger charge is -2.25. The van der Waals surface area contributed by atoms with Crippen LogP contribution in [0.25, 0.3) is 0 Å². The van der Waals surface area contributed by atoms with E-state index in [-0.39, 0.29) is 31.7 Å². The summed E-state index contributed by atoms with van der Waals surface area (Å²) in [7, 11) is -4.00. The number of sulfone groups is 1. The van der Waals surface area contributed by atoms with Crippen molar-refractivity contribution in [2.75, 3.05) is 18.8 Å². The Morgan fingerprint density at radius 1 is 1.20 bits per heavy atom. The lowest BCUT2D eigenvalue weighted by molar-refractivity contribution is -0.132. The van der Waals surface area contributed by atoms with E-state index in [1.54, 1.807) is 0 Å². The fourth-order valence-electron chi connectivity index (χ4n) is 2.03. The summed E-state index contributed by atoms with van der Waals surface area (Å²) in [5.74, 6) is -2.18. The van der Waals surface area contributed by atoms with E-state index in [0.29, 0.717) is 0 Å². The van der Waals surface area contributed by atoms with E-state index in [2.05, 4.69) is 0 Å². The van der Waals surface area contributed by atoms with Crippen LogP contribution in [-0.4, -0.2) is 43.9 Å². The second-order valence-electron chi connectivity index (χ2n) is 4.61. The summed E-state index contributed by atoms with van der Waals surface area (Å²) in [6.07, 6.45) is 0.483. The number of piperidine rings is 1. The maximum absolute atomic E-state index is 13.5. The van der Waals surface area contributed by atoms with Crippen LogP contribution in [0.5, 0.6) is 0 Å². The number of carbonyl (C=O) groups is 2. The molecule has 1 saturated heterocycles. The minimum atomic E-state index is -4.00. The third kappa shape index (κ3) is 3.22. The van der Waals surface area contributed by atoms with Crippen LogP contribution in [0, 0.1) is 5.82 Å². The predicted molar refractivity (Wildman–Crippen MR) is 69.3 cm³/mol. The van der Waals surface area contributed by atoms with E-state index in [9.17, 15) is 22.4 Å². The van der Waals surface area contributed by atoms with Crippen LogP contribution in [0.3, 0.4) is 0 Å². The highest BCUT2D eigenvalue weighted by Crippen LogP contribution is 2.16. The van der Waals surface area contributed by atoms with Crippen molar-refractivity contribution in [3.05, 3.63) is 30.1 Å². The Kier molecular flexibility index (Phi) is 4.17. The average molecular weight is 299 g/mol. The number of Topliss-reactive ketones (excluding diaryl/α,β-unsaturated/α-hetero) is 1. The van der Waals surface area contributed by atoms with Crippen molar-refractivity contribution in [2.45, 2.75) is 17.7 Å². The molecule has 1 aromatic carbocycles. The van der Waals surface area contributed by atoms with E-state index < -0.39 is 32.2 Å². The first kappa shape index (κ1) is 14.6. The monoisotopic (exact) mass is 299 g/mol. The summed E-state index contributed by atoms with van der Waals surface area (Å²) < 4.78 is 37.5. The summed E-state index contributed by atoms with van der Waals surface area (Å²) >= 11 is 0. The highest BCUT2D eigenvalue weighted by atomic mass is 32.2.